The van der Waals surface area contributed by atoms with Crippen molar-refractivity contribution in [2.45, 2.75) is 58.0 Å². The summed E-state index contributed by atoms with van der Waals surface area (Å²) in [5, 5.41) is 12.7. The highest BCUT2D eigenvalue weighted by Crippen LogP contribution is 2.42. The molecule has 2 unspecified atom stereocenters. The van der Waals surface area contributed by atoms with Crippen LogP contribution in [0.5, 0.6) is 0 Å². The maximum absolute atomic E-state index is 13.5. The zero-order valence-corrected chi connectivity index (χ0v) is 20.4. The second-order valence-corrected chi connectivity index (χ2v) is 9.48. The summed E-state index contributed by atoms with van der Waals surface area (Å²) >= 11 is 0. The van der Waals surface area contributed by atoms with Crippen LogP contribution in [0, 0.1) is 5.92 Å². The number of carbonyl (C=O) groups excluding carboxylic acids is 2. The van der Waals surface area contributed by atoms with Crippen LogP contribution in [0.4, 0.5) is 4.79 Å². The number of nitrogens with one attached hydrogen (secondary N) is 2. The monoisotopic (exact) mass is 467 g/mol. The Labute approximate surface area is 201 Å². The van der Waals surface area contributed by atoms with Crippen LogP contribution in [-0.2, 0) is 27.0 Å². The van der Waals surface area contributed by atoms with Crippen LogP contribution in [0.3, 0.4) is 0 Å². The Morgan fingerprint density at radius 1 is 1.15 bits per heavy atom. The van der Waals surface area contributed by atoms with Gasteiger partial charge in [-0.3, -0.25) is 4.79 Å². The van der Waals surface area contributed by atoms with E-state index < -0.39 is 19.3 Å². The lowest BCUT2D eigenvalue weighted by Gasteiger charge is -2.31. The molecule has 3 N–H and O–H groups in total. The van der Waals surface area contributed by atoms with Gasteiger partial charge in [0, 0.05) is 25.0 Å². The summed E-state index contributed by atoms with van der Waals surface area (Å²) in [4.78, 5) is 31.0. The number of hydrogen-bond acceptors (Lipinski definition) is 5. The number of methoxy groups -OCH3 is 1. The number of aromatic nitrogens is 1. The quantitative estimate of drug-likeness (QED) is 0.543. The van der Waals surface area contributed by atoms with Crippen molar-refractivity contribution in [2.24, 2.45) is 5.92 Å². The van der Waals surface area contributed by atoms with E-state index in [1.54, 1.807) is 0 Å². The lowest BCUT2D eigenvalue weighted by molar-refractivity contribution is -0.135. The van der Waals surface area contributed by atoms with Crippen molar-refractivity contribution in [3.63, 3.8) is 0 Å². The molecule has 9 heteroatoms. The maximum Gasteiger partial charge on any atom is 0.490 e. The highest BCUT2D eigenvalue weighted by atomic mass is 16.5. The van der Waals surface area contributed by atoms with Crippen LogP contribution in [0.1, 0.15) is 56.0 Å². The number of ether oxygens (including phenoxy) is 1. The van der Waals surface area contributed by atoms with Crippen LogP contribution in [-0.4, -0.2) is 60.8 Å². The fraction of sp³-hybridized carbons (Fsp3) is 0.520. The van der Waals surface area contributed by atoms with Crippen molar-refractivity contribution in [1.29, 1.82) is 0 Å². The summed E-state index contributed by atoms with van der Waals surface area (Å²) in [5.74, 6) is -0.123. The van der Waals surface area contributed by atoms with Gasteiger partial charge in [-0.15, -0.1) is 0 Å². The van der Waals surface area contributed by atoms with E-state index in [9.17, 15) is 14.6 Å². The van der Waals surface area contributed by atoms with Crippen molar-refractivity contribution >= 4 is 24.6 Å². The average Bonchev–Trinajstić information content (AvgIpc) is 3.58. The van der Waals surface area contributed by atoms with Crippen molar-refractivity contribution < 1.29 is 24.0 Å². The first-order valence-electron chi connectivity index (χ1n) is 12.1. The number of carbonyl (C=O) groups is 2. The Balaban J connectivity index is 1.64. The van der Waals surface area contributed by atoms with Crippen molar-refractivity contribution in [3.05, 3.63) is 41.1 Å². The summed E-state index contributed by atoms with van der Waals surface area (Å²) in [7, 11) is 1.84. The maximum atomic E-state index is 13.5. The van der Waals surface area contributed by atoms with Crippen molar-refractivity contribution in [2.75, 3.05) is 20.8 Å². The van der Waals surface area contributed by atoms with Gasteiger partial charge in [-0.05, 0) is 60.2 Å². The van der Waals surface area contributed by atoms with E-state index in [2.05, 4.69) is 10.3 Å². The van der Waals surface area contributed by atoms with Gasteiger partial charge in [0.2, 0.25) is 5.91 Å². The third kappa shape index (κ3) is 4.59. The molecule has 34 heavy (non-hydrogen) atoms. The number of rotatable bonds is 7. The van der Waals surface area contributed by atoms with Gasteiger partial charge in [0.05, 0.1) is 13.2 Å². The first-order valence-corrected chi connectivity index (χ1v) is 12.1. The first kappa shape index (κ1) is 24.4. The number of nitrogens with zero attached hydrogens (tertiary/aromatic N) is 1. The Hall–Kier alpha value is -2.78. The van der Waals surface area contributed by atoms with Gasteiger partial charge in [0.15, 0.2) is 0 Å². The zero-order valence-electron chi connectivity index (χ0n) is 20.4. The molecule has 1 aromatic heterocycles. The molecule has 1 saturated heterocycles. The van der Waals surface area contributed by atoms with E-state index in [1.807, 2.05) is 43.0 Å². The summed E-state index contributed by atoms with van der Waals surface area (Å²) in [5.41, 5.74) is 6.62. The molecule has 4 rings (SSSR count). The summed E-state index contributed by atoms with van der Waals surface area (Å²) in [6.45, 7) is 4.53. The van der Waals surface area contributed by atoms with E-state index in [1.165, 1.54) is 25.3 Å². The van der Waals surface area contributed by atoms with Gasteiger partial charge in [-0.25, -0.2) is 4.79 Å². The number of hydrogen-bond donors (Lipinski definition) is 3. The van der Waals surface area contributed by atoms with E-state index in [4.69, 9.17) is 9.39 Å². The first-order chi connectivity index (χ1) is 16.3. The highest BCUT2D eigenvalue weighted by Gasteiger charge is 2.39. The Kier molecular flexibility index (Phi) is 7.33. The van der Waals surface area contributed by atoms with Gasteiger partial charge in [-0.1, -0.05) is 38.1 Å². The summed E-state index contributed by atoms with van der Waals surface area (Å²) in [6.07, 6.45) is 4.32. The van der Waals surface area contributed by atoms with Gasteiger partial charge >= 0.3 is 13.2 Å². The Morgan fingerprint density at radius 2 is 1.85 bits per heavy atom. The van der Waals surface area contributed by atoms with Crippen molar-refractivity contribution in [3.8, 4) is 11.3 Å². The third-order valence-electron chi connectivity index (χ3n) is 7.07. The largest absolute Gasteiger partial charge is 0.490 e. The molecule has 2 atom stereocenters. The Morgan fingerprint density at radius 3 is 2.50 bits per heavy atom. The smallest absolute Gasteiger partial charge is 0.453 e. The fourth-order valence-corrected chi connectivity index (χ4v) is 5.29. The van der Waals surface area contributed by atoms with E-state index in [-0.39, 0.29) is 17.9 Å². The lowest BCUT2D eigenvalue weighted by Crippen LogP contribution is -2.51. The number of benzene rings is 1. The standard InChI is InChI=1S/C25H34BN3O5/c1-15(2)21(28-25(31)33-3)24(30)29-14-6-9-20(29)23-19-8-5-7-18(19)22(27-23)16-10-12-17(13-11-16)26(32)34-4/h10-13,15,20-21,27,32H,5-9,14H2,1-4H3,(H,28,31). The predicted molar refractivity (Wildman–Crippen MR) is 131 cm³/mol. The molecule has 0 bridgehead atoms. The molecule has 1 aliphatic carbocycles. The van der Waals surface area contributed by atoms with Crippen LogP contribution in [0.15, 0.2) is 24.3 Å². The number of amides is 2. The van der Waals surface area contributed by atoms with Gasteiger partial charge in [0.1, 0.15) is 6.04 Å². The van der Waals surface area contributed by atoms with Gasteiger partial charge in [-0.2, -0.15) is 0 Å². The molecule has 1 aliphatic heterocycles. The highest BCUT2D eigenvalue weighted by molar-refractivity contribution is 6.59. The fourth-order valence-electron chi connectivity index (χ4n) is 5.29. The zero-order chi connectivity index (χ0) is 24.4. The second kappa shape index (κ2) is 10.2. The number of aromatic amines is 1. The molecular formula is C25H34BN3O5. The molecule has 182 valence electrons. The van der Waals surface area contributed by atoms with Crippen LogP contribution >= 0.6 is 0 Å². The lowest BCUT2D eigenvalue weighted by atomic mass is 9.79. The molecule has 8 nitrogen and oxygen atoms in total. The SMILES string of the molecule is COB(O)c1ccc(-c2[nH]c(C3CCCN3C(=O)C(NC(=O)OC)C(C)C)c3c2CCC3)cc1. The summed E-state index contributed by atoms with van der Waals surface area (Å²) < 4.78 is 9.75. The number of fused-ring (bicyclic) bond motifs is 1. The summed E-state index contributed by atoms with van der Waals surface area (Å²) in [6, 6.07) is 7.08. The molecule has 0 radical (unpaired) electrons. The normalized spacial score (nSPS) is 18.2. The second-order valence-electron chi connectivity index (χ2n) is 9.48. The van der Waals surface area contributed by atoms with Crippen LogP contribution in [0.25, 0.3) is 11.3 Å². The number of alkyl carbamates (subject to hydrolysis) is 1. The van der Waals surface area contributed by atoms with Crippen LogP contribution in [0.2, 0.25) is 0 Å². The van der Waals surface area contributed by atoms with Gasteiger partial charge < -0.3 is 29.6 Å². The number of H-pyrrole nitrogens is 1. The molecular weight excluding hydrogens is 433 g/mol. The van der Waals surface area contributed by atoms with E-state index in [0.29, 0.717) is 12.0 Å². The molecule has 0 saturated carbocycles. The molecule has 0 spiro atoms. The molecule has 2 aliphatic rings. The minimum Gasteiger partial charge on any atom is -0.453 e. The molecule has 2 aromatic rings. The molecule has 2 heterocycles. The van der Waals surface area contributed by atoms with Crippen molar-refractivity contribution in [1.82, 2.24) is 15.2 Å². The topological polar surface area (TPSA) is 104 Å². The predicted octanol–water partition coefficient (Wildman–Crippen LogP) is 2.55. The van der Waals surface area contributed by atoms with Gasteiger partial charge in [0.25, 0.3) is 0 Å². The third-order valence-corrected chi connectivity index (χ3v) is 7.07. The molecule has 1 fully saturated rings. The molecule has 2 amide bonds. The minimum atomic E-state index is -0.940. The Bertz CT molecular complexity index is 1040. The minimum absolute atomic E-state index is 0.0385. The van der Waals surface area contributed by atoms with E-state index in [0.717, 1.165) is 49.1 Å². The number of likely N-dealkylation sites (tertiary alicyclic amines) is 1. The average molecular weight is 467 g/mol. The van der Waals surface area contributed by atoms with E-state index >= 15 is 0 Å². The van der Waals surface area contributed by atoms with Crippen LogP contribution < -0.4 is 10.8 Å². The molecule has 1 aromatic carbocycles.